The van der Waals surface area contributed by atoms with E-state index >= 15 is 0 Å². The lowest BCUT2D eigenvalue weighted by Gasteiger charge is -2.10. The van der Waals surface area contributed by atoms with Crippen LogP contribution < -0.4 is 11.1 Å². The second-order valence-electron chi connectivity index (χ2n) is 4.67. The number of rotatable bonds is 5. The molecule has 4 N–H and O–H groups in total. The molecule has 0 aromatic carbocycles. The van der Waals surface area contributed by atoms with Gasteiger partial charge in [-0.3, -0.25) is 14.6 Å². The van der Waals surface area contributed by atoms with Crippen molar-refractivity contribution in [3.05, 3.63) is 23.3 Å². The summed E-state index contributed by atoms with van der Waals surface area (Å²) in [5.74, 6) is 0.495. The number of aryl methyl sites for hydroxylation is 2. The summed E-state index contributed by atoms with van der Waals surface area (Å²) in [4.78, 5) is 16.2. The van der Waals surface area contributed by atoms with E-state index in [0.29, 0.717) is 17.1 Å². The molecule has 2 rings (SSSR count). The van der Waals surface area contributed by atoms with E-state index in [1.807, 2.05) is 13.8 Å². The maximum absolute atomic E-state index is 12.2. The minimum absolute atomic E-state index is 0.160. The third-order valence-corrected chi connectivity index (χ3v) is 2.92. The van der Waals surface area contributed by atoms with Gasteiger partial charge in [-0.25, -0.2) is 0 Å². The maximum Gasteiger partial charge on any atom is 0.255 e. The Labute approximate surface area is 116 Å². The molecule has 2 heterocycles. The Kier molecular flexibility index (Phi) is 4.02. The van der Waals surface area contributed by atoms with Gasteiger partial charge in [-0.15, -0.1) is 5.10 Å². The third-order valence-electron chi connectivity index (χ3n) is 2.92. The van der Waals surface area contributed by atoms with Gasteiger partial charge >= 0.3 is 0 Å². The van der Waals surface area contributed by atoms with Gasteiger partial charge in [0.25, 0.3) is 5.91 Å². The standard InChI is InChI=1S/C12H19N7O/c1-4-5-19-6-9(7(2)18-19)11(20)14-8(3)10-15-12(13)17-16-10/h6,8H,4-5H2,1-3H3,(H,14,20)(H3,13,15,16,17)/t8-/m0/s1. The van der Waals surface area contributed by atoms with Crippen LogP contribution in [0.5, 0.6) is 0 Å². The molecule has 0 saturated heterocycles. The van der Waals surface area contributed by atoms with Crippen LogP contribution in [0.4, 0.5) is 5.95 Å². The van der Waals surface area contributed by atoms with Crippen LogP contribution in [0.25, 0.3) is 0 Å². The zero-order chi connectivity index (χ0) is 14.7. The lowest BCUT2D eigenvalue weighted by atomic mass is 10.2. The number of aromatic nitrogens is 5. The number of carbonyl (C=O) groups is 1. The Bertz CT molecular complexity index is 601. The van der Waals surface area contributed by atoms with Crippen molar-refractivity contribution < 1.29 is 4.79 Å². The average Bonchev–Trinajstić information content (AvgIpc) is 2.96. The summed E-state index contributed by atoms with van der Waals surface area (Å²) in [6.45, 7) is 6.48. The van der Waals surface area contributed by atoms with Crippen molar-refractivity contribution in [3.63, 3.8) is 0 Å². The number of hydrogen-bond acceptors (Lipinski definition) is 5. The first-order valence-electron chi connectivity index (χ1n) is 6.54. The van der Waals surface area contributed by atoms with Crippen LogP contribution >= 0.6 is 0 Å². The van der Waals surface area contributed by atoms with Gasteiger partial charge in [0, 0.05) is 12.7 Å². The maximum atomic E-state index is 12.2. The highest BCUT2D eigenvalue weighted by atomic mass is 16.1. The molecule has 1 amide bonds. The first-order chi connectivity index (χ1) is 9.51. The van der Waals surface area contributed by atoms with E-state index < -0.39 is 0 Å². The van der Waals surface area contributed by atoms with Crippen LogP contribution in [0.1, 0.15) is 48.2 Å². The SMILES string of the molecule is CCCn1cc(C(=O)N[C@@H](C)c2nc(N)n[nH]2)c(C)n1. The number of nitrogens with one attached hydrogen (secondary N) is 2. The summed E-state index contributed by atoms with van der Waals surface area (Å²) in [5, 5.41) is 13.6. The zero-order valence-electron chi connectivity index (χ0n) is 11.8. The van der Waals surface area contributed by atoms with E-state index in [0.717, 1.165) is 13.0 Å². The molecule has 2 aromatic rings. The molecule has 0 aliphatic carbocycles. The zero-order valence-corrected chi connectivity index (χ0v) is 11.8. The summed E-state index contributed by atoms with van der Waals surface area (Å²) in [6, 6.07) is -0.304. The largest absolute Gasteiger partial charge is 0.367 e. The molecule has 108 valence electrons. The van der Waals surface area contributed by atoms with E-state index in [1.165, 1.54) is 0 Å². The Morgan fingerprint density at radius 3 is 2.95 bits per heavy atom. The Balaban J connectivity index is 2.08. The van der Waals surface area contributed by atoms with Crippen molar-refractivity contribution >= 4 is 11.9 Å². The van der Waals surface area contributed by atoms with Gasteiger partial charge in [-0.05, 0) is 20.3 Å². The van der Waals surface area contributed by atoms with E-state index in [4.69, 9.17) is 5.73 Å². The minimum Gasteiger partial charge on any atom is -0.367 e. The highest BCUT2D eigenvalue weighted by Gasteiger charge is 2.18. The van der Waals surface area contributed by atoms with Crippen LogP contribution in [0, 0.1) is 6.92 Å². The number of nitrogens with two attached hydrogens (primary N) is 1. The predicted molar refractivity (Wildman–Crippen MR) is 73.9 cm³/mol. The molecule has 1 atom stereocenters. The molecule has 0 bridgehead atoms. The minimum atomic E-state index is -0.304. The summed E-state index contributed by atoms with van der Waals surface area (Å²) >= 11 is 0. The Morgan fingerprint density at radius 2 is 2.35 bits per heavy atom. The molecule has 0 saturated carbocycles. The smallest absolute Gasteiger partial charge is 0.255 e. The molecule has 8 heteroatoms. The fourth-order valence-corrected chi connectivity index (χ4v) is 1.91. The second kappa shape index (κ2) is 5.72. The van der Waals surface area contributed by atoms with Gasteiger partial charge in [0.1, 0.15) is 5.82 Å². The van der Waals surface area contributed by atoms with Gasteiger partial charge in [0.2, 0.25) is 5.95 Å². The predicted octanol–water partition coefficient (Wildman–Crippen LogP) is 0.793. The van der Waals surface area contributed by atoms with Crippen molar-refractivity contribution in [3.8, 4) is 0 Å². The molecular formula is C12H19N7O. The second-order valence-corrected chi connectivity index (χ2v) is 4.67. The highest BCUT2D eigenvalue weighted by molar-refractivity contribution is 5.95. The summed E-state index contributed by atoms with van der Waals surface area (Å²) in [5.41, 5.74) is 6.72. The van der Waals surface area contributed by atoms with Crippen molar-refractivity contribution in [2.75, 3.05) is 5.73 Å². The molecule has 0 aliphatic heterocycles. The molecule has 20 heavy (non-hydrogen) atoms. The molecular weight excluding hydrogens is 258 g/mol. The number of carbonyl (C=O) groups excluding carboxylic acids is 1. The van der Waals surface area contributed by atoms with Crippen molar-refractivity contribution in [2.45, 2.75) is 39.8 Å². The fraction of sp³-hybridized carbons (Fsp3) is 0.500. The van der Waals surface area contributed by atoms with Gasteiger partial charge in [0.15, 0.2) is 0 Å². The van der Waals surface area contributed by atoms with E-state index in [1.54, 1.807) is 10.9 Å². The number of aromatic amines is 1. The van der Waals surface area contributed by atoms with Crippen LogP contribution in [0.15, 0.2) is 6.20 Å². The first-order valence-corrected chi connectivity index (χ1v) is 6.54. The Hall–Kier alpha value is -2.38. The van der Waals surface area contributed by atoms with Crippen LogP contribution in [0.2, 0.25) is 0 Å². The lowest BCUT2D eigenvalue weighted by Crippen LogP contribution is -2.27. The van der Waals surface area contributed by atoms with E-state index in [-0.39, 0.29) is 17.9 Å². The number of nitrogen functional groups attached to an aromatic ring is 1. The first kappa shape index (κ1) is 14.0. The molecule has 0 aliphatic rings. The number of H-pyrrole nitrogens is 1. The quantitative estimate of drug-likeness (QED) is 0.747. The summed E-state index contributed by atoms with van der Waals surface area (Å²) < 4.78 is 1.78. The summed E-state index contributed by atoms with van der Waals surface area (Å²) in [7, 11) is 0. The topological polar surface area (TPSA) is 115 Å². The Morgan fingerprint density at radius 1 is 1.60 bits per heavy atom. The van der Waals surface area contributed by atoms with Crippen molar-refractivity contribution in [2.24, 2.45) is 0 Å². The lowest BCUT2D eigenvalue weighted by molar-refractivity contribution is 0.0937. The number of amides is 1. The monoisotopic (exact) mass is 277 g/mol. The van der Waals surface area contributed by atoms with Crippen molar-refractivity contribution in [1.82, 2.24) is 30.3 Å². The van der Waals surface area contributed by atoms with Crippen LogP contribution in [-0.4, -0.2) is 30.9 Å². The van der Waals surface area contributed by atoms with Crippen LogP contribution in [-0.2, 0) is 6.54 Å². The van der Waals surface area contributed by atoms with Gasteiger partial charge < -0.3 is 11.1 Å². The average molecular weight is 277 g/mol. The normalized spacial score (nSPS) is 12.3. The number of nitrogens with zero attached hydrogens (tertiary/aromatic N) is 4. The summed E-state index contributed by atoms with van der Waals surface area (Å²) in [6.07, 6.45) is 2.73. The van der Waals surface area contributed by atoms with Gasteiger partial charge in [0.05, 0.1) is 17.3 Å². The molecule has 0 unspecified atom stereocenters. The van der Waals surface area contributed by atoms with E-state index in [9.17, 15) is 4.79 Å². The van der Waals surface area contributed by atoms with Gasteiger partial charge in [-0.1, -0.05) is 6.92 Å². The number of hydrogen-bond donors (Lipinski definition) is 3. The molecule has 0 radical (unpaired) electrons. The molecule has 8 nitrogen and oxygen atoms in total. The van der Waals surface area contributed by atoms with E-state index in [2.05, 4.69) is 32.5 Å². The highest BCUT2D eigenvalue weighted by Crippen LogP contribution is 2.11. The number of anilines is 1. The molecule has 0 fully saturated rings. The molecule has 0 spiro atoms. The third kappa shape index (κ3) is 2.95. The molecule has 2 aromatic heterocycles. The fourth-order valence-electron chi connectivity index (χ4n) is 1.91. The van der Waals surface area contributed by atoms with Crippen LogP contribution in [0.3, 0.4) is 0 Å². The van der Waals surface area contributed by atoms with Gasteiger partial charge in [-0.2, -0.15) is 10.1 Å². The van der Waals surface area contributed by atoms with Crippen molar-refractivity contribution in [1.29, 1.82) is 0 Å².